The molecule has 2 N–H and O–H groups in total. The van der Waals surface area contributed by atoms with Crippen LogP contribution in [0.4, 0.5) is 0 Å². The van der Waals surface area contributed by atoms with Gasteiger partial charge in [0.25, 0.3) is 0 Å². The smallest absolute Gasteiger partial charge is 0.165 e. The number of aromatic nitrogens is 8. The lowest BCUT2D eigenvalue weighted by atomic mass is 9.56. The van der Waals surface area contributed by atoms with Crippen molar-refractivity contribution in [2.24, 2.45) is 17.8 Å². The van der Waals surface area contributed by atoms with Crippen molar-refractivity contribution in [2.45, 2.75) is 48.2 Å². The molecule has 12 bridgehead atoms. The van der Waals surface area contributed by atoms with E-state index in [1.165, 1.54) is 43.4 Å². The molecule has 2 aliphatic heterocycles. The fourth-order valence-electron chi connectivity index (χ4n) is 10.1. The Morgan fingerprint density at radius 1 is 0.451 bits per heavy atom. The van der Waals surface area contributed by atoms with E-state index in [0.717, 1.165) is 72.8 Å². The lowest BCUT2D eigenvalue weighted by Crippen LogP contribution is -2.48. The minimum absolute atomic E-state index is 0.287. The Kier molecular flexibility index (Phi) is 5.73. The molecule has 0 amide bonds. The van der Waals surface area contributed by atoms with E-state index in [1.54, 1.807) is 0 Å². The Morgan fingerprint density at radius 2 is 0.863 bits per heavy atom. The van der Waals surface area contributed by atoms with Crippen LogP contribution in [0, 0.1) is 17.8 Å². The summed E-state index contributed by atoms with van der Waals surface area (Å²) in [6, 6.07) is 31.3. The van der Waals surface area contributed by atoms with E-state index in [9.17, 15) is 0 Å². The SMILES string of the molecule is c1ccc2c(c1)-c1nc-2nc2[nH]c(nc3nc(nc4[nH]c(n1)c1ccccc41)-c1cccc(SC45CC6CC(CC(C6)C4)C5)c1-3)c1ccccc21. The molecule has 246 valence electrons. The van der Waals surface area contributed by atoms with Crippen molar-refractivity contribution in [2.75, 3.05) is 0 Å². The van der Waals surface area contributed by atoms with Gasteiger partial charge in [0.2, 0.25) is 0 Å². The molecule has 6 aliphatic rings. The molecular formula is C42H32N8S. The highest BCUT2D eigenvalue weighted by molar-refractivity contribution is 8.00. The number of fused-ring (bicyclic) bond motifs is 20. The van der Waals surface area contributed by atoms with Crippen molar-refractivity contribution >= 4 is 55.9 Å². The zero-order chi connectivity index (χ0) is 33.3. The summed E-state index contributed by atoms with van der Waals surface area (Å²) in [5.74, 6) is 5.18. The molecule has 3 aromatic heterocycles. The summed E-state index contributed by atoms with van der Waals surface area (Å²) in [6.07, 6.45) is 8.22. The molecular weight excluding hydrogens is 649 g/mol. The number of hydrogen-bond acceptors (Lipinski definition) is 7. The molecule has 4 fully saturated rings. The molecule has 0 saturated heterocycles. The van der Waals surface area contributed by atoms with Gasteiger partial charge in [-0.1, -0.05) is 84.9 Å². The maximum atomic E-state index is 5.36. The number of nitrogens with one attached hydrogen (secondary N) is 2. The van der Waals surface area contributed by atoms with Gasteiger partial charge in [0.1, 0.15) is 22.6 Å². The molecule has 0 radical (unpaired) electrons. The third-order valence-electron chi connectivity index (χ3n) is 11.9. The van der Waals surface area contributed by atoms with Crippen LogP contribution in [0.15, 0.2) is 95.9 Å². The Bertz CT molecular complexity index is 2760. The Morgan fingerprint density at radius 3 is 1.37 bits per heavy atom. The first-order chi connectivity index (χ1) is 25.1. The summed E-state index contributed by atoms with van der Waals surface area (Å²) in [5.41, 5.74) is 6.83. The Balaban J connectivity index is 1.17. The number of benzene rings is 4. The van der Waals surface area contributed by atoms with Gasteiger partial charge in [-0.05, 0) is 62.3 Å². The molecule has 0 atom stereocenters. The van der Waals surface area contributed by atoms with E-state index in [1.807, 2.05) is 36.4 Å². The fraction of sp³-hybridized carbons (Fsp3) is 0.238. The lowest BCUT2D eigenvalue weighted by Gasteiger charge is -2.56. The monoisotopic (exact) mass is 680 g/mol. The normalized spacial score (nSPS) is 22.8. The van der Waals surface area contributed by atoms with Crippen LogP contribution in [-0.4, -0.2) is 44.6 Å². The van der Waals surface area contributed by atoms with Crippen LogP contribution in [0.2, 0.25) is 0 Å². The van der Waals surface area contributed by atoms with Gasteiger partial charge < -0.3 is 9.97 Å². The molecule has 8 nitrogen and oxygen atoms in total. The highest BCUT2D eigenvalue weighted by atomic mass is 32.2. The first kappa shape index (κ1) is 28.3. The second-order valence-electron chi connectivity index (χ2n) is 15.1. The molecule has 7 aromatic rings. The summed E-state index contributed by atoms with van der Waals surface area (Å²) < 4.78 is 0.287. The van der Waals surface area contributed by atoms with Gasteiger partial charge in [-0.15, -0.1) is 11.8 Å². The minimum Gasteiger partial charge on any atom is -0.324 e. The van der Waals surface area contributed by atoms with Crippen molar-refractivity contribution < 1.29 is 0 Å². The molecule has 4 aromatic carbocycles. The lowest BCUT2D eigenvalue weighted by molar-refractivity contribution is 0.0383. The maximum absolute atomic E-state index is 5.36. The number of aromatic amines is 2. The number of H-pyrrole nitrogens is 2. The molecule has 13 rings (SSSR count). The number of thioether (sulfide) groups is 1. The molecule has 9 heteroatoms. The standard InChI is InChI=1S/C42H32N8S/c1-2-9-26-25(8-1)34-43-35(26)45-37-29-12-5-6-13-30(29)39(47-37)49-41-33-31(40(50-41)48-38-28-11-4-3-10-27(28)36(44-34)46-38)14-7-15-32(33)51-42-19-22-16-23(20-42)18-24(17-22)21-42/h1-15,22-24H,16-21H2,(H2,43,44,45,46,47,48,49,50). The number of nitrogens with zero attached hydrogens (tertiary/aromatic N) is 6. The van der Waals surface area contributed by atoms with Crippen LogP contribution in [0.5, 0.6) is 0 Å². The average molecular weight is 681 g/mol. The maximum Gasteiger partial charge on any atom is 0.165 e. The topological polar surface area (TPSA) is 109 Å². The molecule has 0 unspecified atom stereocenters. The van der Waals surface area contributed by atoms with Crippen molar-refractivity contribution in [3.8, 4) is 45.6 Å². The minimum atomic E-state index is 0.287. The summed E-state index contributed by atoms with van der Waals surface area (Å²) in [7, 11) is 0. The Hall–Kier alpha value is -5.41. The van der Waals surface area contributed by atoms with E-state index >= 15 is 0 Å². The second kappa shape index (κ2) is 10.3. The van der Waals surface area contributed by atoms with Gasteiger partial charge in [-0.25, -0.2) is 29.9 Å². The average Bonchev–Trinajstić information content (AvgIpc) is 3.87. The zero-order valence-corrected chi connectivity index (χ0v) is 28.5. The van der Waals surface area contributed by atoms with E-state index in [-0.39, 0.29) is 4.75 Å². The summed E-state index contributed by atoms with van der Waals surface area (Å²) in [5, 5.41) is 3.93. The zero-order valence-electron chi connectivity index (χ0n) is 27.7. The highest BCUT2D eigenvalue weighted by Crippen LogP contribution is 2.63. The van der Waals surface area contributed by atoms with Gasteiger partial charge in [0.15, 0.2) is 23.3 Å². The van der Waals surface area contributed by atoms with Gasteiger partial charge in [-0.3, -0.25) is 0 Å². The predicted octanol–water partition coefficient (Wildman–Crippen LogP) is 9.93. The van der Waals surface area contributed by atoms with Crippen molar-refractivity contribution in [3.63, 3.8) is 0 Å². The first-order valence-electron chi connectivity index (χ1n) is 18.1. The molecule has 5 heterocycles. The van der Waals surface area contributed by atoms with Crippen LogP contribution < -0.4 is 0 Å². The Labute approximate surface area is 297 Å². The third-order valence-corrected chi connectivity index (χ3v) is 13.3. The van der Waals surface area contributed by atoms with Crippen LogP contribution in [0.1, 0.15) is 38.5 Å². The van der Waals surface area contributed by atoms with Crippen LogP contribution in [-0.2, 0) is 0 Å². The quantitative estimate of drug-likeness (QED) is 0.187. The molecule has 51 heavy (non-hydrogen) atoms. The van der Waals surface area contributed by atoms with E-state index in [0.29, 0.717) is 34.6 Å². The van der Waals surface area contributed by atoms with Crippen LogP contribution in [0.3, 0.4) is 0 Å². The van der Waals surface area contributed by atoms with E-state index in [4.69, 9.17) is 29.9 Å². The van der Waals surface area contributed by atoms with E-state index < -0.39 is 0 Å². The molecule has 4 saturated carbocycles. The van der Waals surface area contributed by atoms with Crippen molar-refractivity contribution in [3.05, 3.63) is 91.0 Å². The first-order valence-corrected chi connectivity index (χ1v) is 18.9. The largest absolute Gasteiger partial charge is 0.324 e. The van der Waals surface area contributed by atoms with Crippen LogP contribution >= 0.6 is 11.8 Å². The van der Waals surface area contributed by atoms with E-state index in [2.05, 4.69) is 76.3 Å². The molecule has 4 aliphatic carbocycles. The van der Waals surface area contributed by atoms with Crippen LogP contribution in [0.25, 0.3) is 89.7 Å². The van der Waals surface area contributed by atoms with Gasteiger partial charge in [-0.2, -0.15) is 0 Å². The van der Waals surface area contributed by atoms with Crippen molar-refractivity contribution in [1.29, 1.82) is 0 Å². The second-order valence-corrected chi connectivity index (χ2v) is 16.6. The summed E-state index contributed by atoms with van der Waals surface area (Å²) >= 11 is 2.10. The fourth-order valence-corrected chi connectivity index (χ4v) is 12.0. The van der Waals surface area contributed by atoms with Gasteiger partial charge >= 0.3 is 0 Å². The third kappa shape index (κ3) is 4.27. The highest BCUT2D eigenvalue weighted by Gasteiger charge is 2.51. The van der Waals surface area contributed by atoms with Gasteiger partial charge in [0.05, 0.1) is 0 Å². The number of rotatable bonds is 2. The summed E-state index contributed by atoms with van der Waals surface area (Å²) in [4.78, 5) is 39.6. The van der Waals surface area contributed by atoms with Crippen molar-refractivity contribution in [1.82, 2.24) is 39.9 Å². The summed E-state index contributed by atoms with van der Waals surface area (Å²) in [6.45, 7) is 0. The molecule has 0 spiro atoms. The predicted molar refractivity (Wildman–Crippen MR) is 203 cm³/mol. The number of hydrogen-bond donors (Lipinski definition) is 2. The van der Waals surface area contributed by atoms with Gasteiger partial charge in [0, 0.05) is 53.4 Å².